The first kappa shape index (κ1) is 17.1. The molecule has 0 saturated carbocycles. The maximum Gasteiger partial charge on any atom is 0.194 e. The number of nitrogens with zero attached hydrogens (tertiary/aromatic N) is 3. The Kier molecular flexibility index (Phi) is 4.79. The van der Waals surface area contributed by atoms with Gasteiger partial charge >= 0.3 is 0 Å². The van der Waals surface area contributed by atoms with E-state index in [9.17, 15) is 0 Å². The molecule has 25 heavy (non-hydrogen) atoms. The summed E-state index contributed by atoms with van der Waals surface area (Å²) in [6.45, 7) is 7.76. The van der Waals surface area contributed by atoms with Crippen LogP contribution in [0, 0.1) is 20.8 Å². The molecular weight excluding hydrogens is 314 g/mol. The molecule has 2 aromatic heterocycles. The molecule has 3 aromatic rings. The Morgan fingerprint density at radius 1 is 1.32 bits per heavy atom. The van der Waals surface area contributed by atoms with Gasteiger partial charge in [0.15, 0.2) is 5.96 Å². The predicted molar refractivity (Wildman–Crippen MR) is 101 cm³/mol. The van der Waals surface area contributed by atoms with Crippen molar-refractivity contribution in [3.8, 4) is 0 Å². The summed E-state index contributed by atoms with van der Waals surface area (Å²) in [4.78, 5) is 9.91. The third-order valence-corrected chi connectivity index (χ3v) is 4.54. The molecule has 6 nitrogen and oxygen atoms in total. The third-order valence-electron chi connectivity index (χ3n) is 4.54. The fraction of sp³-hybridized carbons (Fsp3) is 0.368. The van der Waals surface area contributed by atoms with Gasteiger partial charge in [0.1, 0.15) is 12.0 Å². The van der Waals surface area contributed by atoms with Crippen LogP contribution in [0.5, 0.6) is 0 Å². The molecule has 0 aliphatic heterocycles. The molecule has 0 aliphatic carbocycles. The van der Waals surface area contributed by atoms with E-state index in [2.05, 4.69) is 53.4 Å². The Balaban J connectivity index is 1.78. The van der Waals surface area contributed by atoms with E-state index in [1.54, 1.807) is 13.3 Å². The number of hydrogen-bond donors (Lipinski definition) is 2. The topological polar surface area (TPSA) is 69.5 Å². The lowest BCUT2D eigenvalue weighted by atomic mass is 10.0. The van der Waals surface area contributed by atoms with Crippen molar-refractivity contribution in [1.29, 1.82) is 0 Å². The monoisotopic (exact) mass is 339 g/mol. The molecule has 0 radical (unpaired) electrons. The van der Waals surface area contributed by atoms with Gasteiger partial charge in [0.05, 0.1) is 12.1 Å². The minimum Gasteiger partial charge on any atom is -0.364 e. The van der Waals surface area contributed by atoms with Crippen molar-refractivity contribution >= 4 is 16.9 Å². The molecule has 0 atom stereocenters. The molecule has 2 N–H and O–H groups in total. The molecule has 0 spiro atoms. The SMILES string of the molecule is CN=C(NCc1cc(C)cc2c(C)c(C)[nH]c12)N(C)Cc1ccon1. The van der Waals surface area contributed by atoms with Gasteiger partial charge in [0.25, 0.3) is 0 Å². The number of aromatic amines is 1. The van der Waals surface area contributed by atoms with Gasteiger partial charge in [-0.25, -0.2) is 0 Å². The van der Waals surface area contributed by atoms with Gasteiger partial charge in [0, 0.05) is 37.8 Å². The molecule has 0 unspecified atom stereocenters. The Morgan fingerprint density at radius 3 is 2.80 bits per heavy atom. The maximum absolute atomic E-state index is 4.89. The second kappa shape index (κ2) is 7.01. The first-order valence-electron chi connectivity index (χ1n) is 8.39. The number of fused-ring (bicyclic) bond motifs is 1. The van der Waals surface area contributed by atoms with Gasteiger partial charge in [-0.3, -0.25) is 4.99 Å². The smallest absolute Gasteiger partial charge is 0.194 e. The lowest BCUT2D eigenvalue weighted by Gasteiger charge is -2.21. The van der Waals surface area contributed by atoms with Crippen LogP contribution in [0.2, 0.25) is 0 Å². The van der Waals surface area contributed by atoms with Crippen molar-refractivity contribution < 1.29 is 4.52 Å². The van der Waals surface area contributed by atoms with E-state index in [1.165, 1.54) is 33.3 Å². The molecule has 0 saturated heterocycles. The fourth-order valence-corrected chi connectivity index (χ4v) is 3.12. The Bertz CT molecular complexity index is 892. The minimum absolute atomic E-state index is 0.639. The summed E-state index contributed by atoms with van der Waals surface area (Å²) in [6, 6.07) is 6.32. The van der Waals surface area contributed by atoms with E-state index in [-0.39, 0.29) is 0 Å². The van der Waals surface area contributed by atoms with Crippen LogP contribution in [0.3, 0.4) is 0 Å². The number of aryl methyl sites for hydroxylation is 3. The molecule has 0 fully saturated rings. The van der Waals surface area contributed by atoms with Crippen LogP contribution < -0.4 is 5.32 Å². The number of guanidine groups is 1. The van der Waals surface area contributed by atoms with E-state index in [1.807, 2.05) is 18.0 Å². The number of aromatic nitrogens is 2. The number of rotatable bonds is 4. The fourth-order valence-electron chi connectivity index (χ4n) is 3.12. The van der Waals surface area contributed by atoms with Crippen molar-refractivity contribution in [2.75, 3.05) is 14.1 Å². The van der Waals surface area contributed by atoms with E-state index < -0.39 is 0 Å². The van der Waals surface area contributed by atoms with Crippen molar-refractivity contribution in [3.05, 3.63) is 52.5 Å². The Hall–Kier alpha value is -2.76. The van der Waals surface area contributed by atoms with Crippen LogP contribution in [-0.4, -0.2) is 35.1 Å². The number of nitrogens with one attached hydrogen (secondary N) is 2. The standard InChI is InChI=1S/C19H25N5O/c1-12-8-15(18-17(9-12)13(2)14(3)22-18)10-21-19(20-4)24(5)11-16-6-7-25-23-16/h6-9,22H,10-11H2,1-5H3,(H,20,21). The zero-order chi connectivity index (χ0) is 18.0. The summed E-state index contributed by atoms with van der Waals surface area (Å²) in [7, 11) is 3.77. The lowest BCUT2D eigenvalue weighted by Crippen LogP contribution is -2.38. The predicted octanol–water partition coefficient (Wildman–Crippen LogP) is 3.29. The Morgan fingerprint density at radius 2 is 2.12 bits per heavy atom. The Labute approximate surface area is 147 Å². The van der Waals surface area contributed by atoms with Crippen molar-refractivity contribution in [2.24, 2.45) is 4.99 Å². The highest BCUT2D eigenvalue weighted by atomic mass is 16.5. The first-order valence-corrected chi connectivity index (χ1v) is 8.39. The van der Waals surface area contributed by atoms with E-state index in [4.69, 9.17) is 4.52 Å². The van der Waals surface area contributed by atoms with Gasteiger partial charge in [-0.2, -0.15) is 0 Å². The summed E-state index contributed by atoms with van der Waals surface area (Å²) in [5.41, 5.74) is 7.10. The summed E-state index contributed by atoms with van der Waals surface area (Å²) in [5, 5.41) is 8.69. The molecule has 0 bridgehead atoms. The second-order valence-corrected chi connectivity index (χ2v) is 6.47. The number of benzene rings is 1. The summed E-state index contributed by atoms with van der Waals surface area (Å²) >= 11 is 0. The molecule has 132 valence electrons. The number of H-pyrrole nitrogens is 1. The van der Waals surface area contributed by atoms with Gasteiger partial charge in [-0.1, -0.05) is 16.8 Å². The average molecular weight is 339 g/mol. The molecule has 1 aromatic carbocycles. The van der Waals surface area contributed by atoms with Crippen LogP contribution in [0.15, 0.2) is 34.0 Å². The van der Waals surface area contributed by atoms with Crippen LogP contribution in [0.4, 0.5) is 0 Å². The van der Waals surface area contributed by atoms with Crippen LogP contribution in [-0.2, 0) is 13.1 Å². The highest BCUT2D eigenvalue weighted by Crippen LogP contribution is 2.26. The zero-order valence-electron chi connectivity index (χ0n) is 15.5. The molecule has 2 heterocycles. The van der Waals surface area contributed by atoms with Gasteiger partial charge in [-0.15, -0.1) is 0 Å². The minimum atomic E-state index is 0.639. The highest BCUT2D eigenvalue weighted by molar-refractivity contribution is 5.88. The molecule has 3 rings (SSSR count). The maximum atomic E-state index is 4.89. The summed E-state index contributed by atoms with van der Waals surface area (Å²) in [6.07, 6.45) is 1.58. The molecule has 0 aliphatic rings. The van der Waals surface area contributed by atoms with Crippen molar-refractivity contribution in [2.45, 2.75) is 33.9 Å². The average Bonchev–Trinajstić information content (AvgIpc) is 3.18. The van der Waals surface area contributed by atoms with Crippen LogP contribution in [0.1, 0.15) is 28.1 Å². The zero-order valence-corrected chi connectivity index (χ0v) is 15.5. The van der Waals surface area contributed by atoms with Gasteiger partial charge in [0.2, 0.25) is 0 Å². The number of hydrogen-bond acceptors (Lipinski definition) is 3. The number of aliphatic imine (C=N–C) groups is 1. The molecular formula is C19H25N5O. The van der Waals surface area contributed by atoms with Crippen molar-refractivity contribution in [3.63, 3.8) is 0 Å². The first-order chi connectivity index (χ1) is 12.0. The van der Waals surface area contributed by atoms with Crippen LogP contribution >= 0.6 is 0 Å². The van der Waals surface area contributed by atoms with Crippen molar-refractivity contribution in [1.82, 2.24) is 20.4 Å². The summed E-state index contributed by atoms with van der Waals surface area (Å²) < 4.78 is 4.89. The highest BCUT2D eigenvalue weighted by Gasteiger charge is 2.12. The second-order valence-electron chi connectivity index (χ2n) is 6.47. The van der Waals surface area contributed by atoms with Gasteiger partial charge < -0.3 is 19.7 Å². The normalized spacial score (nSPS) is 12.0. The molecule has 6 heteroatoms. The van der Waals surface area contributed by atoms with E-state index in [0.717, 1.165) is 11.7 Å². The largest absolute Gasteiger partial charge is 0.364 e. The van der Waals surface area contributed by atoms with E-state index in [0.29, 0.717) is 13.1 Å². The van der Waals surface area contributed by atoms with Gasteiger partial charge in [-0.05, 0) is 38.0 Å². The summed E-state index contributed by atoms with van der Waals surface area (Å²) in [5.74, 6) is 0.817. The van der Waals surface area contributed by atoms with Crippen LogP contribution in [0.25, 0.3) is 10.9 Å². The quantitative estimate of drug-likeness (QED) is 0.565. The van der Waals surface area contributed by atoms with E-state index >= 15 is 0 Å². The lowest BCUT2D eigenvalue weighted by molar-refractivity contribution is 0.391. The third kappa shape index (κ3) is 3.52. The molecule has 0 amide bonds.